The maximum Gasteiger partial charge on any atom is 0.136 e. The molecule has 1 N–H and O–H groups in total. The van der Waals surface area contributed by atoms with Gasteiger partial charge in [-0.25, -0.2) is 9.97 Å². The molecule has 0 unspecified atom stereocenters. The van der Waals surface area contributed by atoms with Gasteiger partial charge in [0.1, 0.15) is 11.6 Å². The normalized spacial score (nSPS) is 10.5. The van der Waals surface area contributed by atoms with Crippen molar-refractivity contribution in [2.75, 3.05) is 12.4 Å². The lowest BCUT2D eigenvalue weighted by Gasteiger charge is -2.10. The van der Waals surface area contributed by atoms with E-state index in [9.17, 15) is 0 Å². The van der Waals surface area contributed by atoms with E-state index in [0.717, 1.165) is 35.7 Å². The summed E-state index contributed by atoms with van der Waals surface area (Å²) in [7, 11) is 1.91. The molecule has 0 amide bonds. The number of hydrogen-bond acceptors (Lipinski definition) is 4. The molecule has 0 aliphatic rings. The fourth-order valence-electron chi connectivity index (χ4n) is 1.85. The molecule has 17 heavy (non-hydrogen) atoms. The Kier molecular flexibility index (Phi) is 3.74. The molecule has 2 aromatic heterocycles. The summed E-state index contributed by atoms with van der Waals surface area (Å²) >= 11 is 1.75. The van der Waals surface area contributed by atoms with E-state index in [2.05, 4.69) is 46.6 Å². The molecular formula is C13H17N3S. The summed E-state index contributed by atoms with van der Waals surface area (Å²) in [6.07, 6.45) is 1.76. The minimum Gasteiger partial charge on any atom is -0.373 e. The molecule has 0 radical (unpaired) electrons. The van der Waals surface area contributed by atoms with E-state index in [1.165, 1.54) is 4.88 Å². The Morgan fingerprint density at radius 2 is 2.18 bits per heavy atom. The van der Waals surface area contributed by atoms with Gasteiger partial charge in [-0.3, -0.25) is 0 Å². The monoisotopic (exact) mass is 247 g/mol. The first-order valence-corrected chi connectivity index (χ1v) is 6.69. The first-order chi connectivity index (χ1) is 8.24. The smallest absolute Gasteiger partial charge is 0.136 e. The van der Waals surface area contributed by atoms with Gasteiger partial charge in [-0.2, -0.15) is 0 Å². The first kappa shape index (κ1) is 12.0. The van der Waals surface area contributed by atoms with Gasteiger partial charge in [-0.1, -0.05) is 13.0 Å². The number of anilines is 1. The molecule has 0 fully saturated rings. The molecule has 2 heterocycles. The third kappa shape index (κ3) is 2.64. The fourth-order valence-corrected chi connectivity index (χ4v) is 2.55. The van der Waals surface area contributed by atoms with Crippen LogP contribution in [0.25, 0.3) is 0 Å². The molecule has 0 saturated carbocycles. The molecule has 0 aromatic carbocycles. The Morgan fingerprint density at radius 1 is 1.35 bits per heavy atom. The minimum absolute atomic E-state index is 0.819. The van der Waals surface area contributed by atoms with Crippen LogP contribution in [-0.4, -0.2) is 17.0 Å². The van der Waals surface area contributed by atoms with Gasteiger partial charge in [0.2, 0.25) is 0 Å². The van der Waals surface area contributed by atoms with Gasteiger partial charge in [-0.15, -0.1) is 11.3 Å². The first-order valence-electron chi connectivity index (χ1n) is 5.81. The quantitative estimate of drug-likeness (QED) is 0.902. The predicted octanol–water partition coefficient (Wildman–Crippen LogP) is 3.04. The van der Waals surface area contributed by atoms with Gasteiger partial charge in [0.25, 0.3) is 0 Å². The van der Waals surface area contributed by atoms with Gasteiger partial charge < -0.3 is 5.32 Å². The summed E-state index contributed by atoms with van der Waals surface area (Å²) in [6, 6.07) is 4.19. The largest absolute Gasteiger partial charge is 0.373 e. The maximum atomic E-state index is 4.63. The highest BCUT2D eigenvalue weighted by molar-refractivity contribution is 7.09. The standard InChI is InChI=1S/C13H17N3S/c1-4-11-9(2)13(14-3)16-12(15-11)8-10-6-5-7-17-10/h5-7H,4,8H2,1-3H3,(H,14,15,16). The average molecular weight is 247 g/mol. The van der Waals surface area contributed by atoms with Crippen molar-refractivity contribution in [3.8, 4) is 0 Å². The number of rotatable bonds is 4. The lowest BCUT2D eigenvalue weighted by Crippen LogP contribution is -2.07. The molecule has 4 heteroatoms. The minimum atomic E-state index is 0.819. The van der Waals surface area contributed by atoms with Gasteiger partial charge in [0.05, 0.1) is 0 Å². The lowest BCUT2D eigenvalue weighted by atomic mass is 10.2. The van der Waals surface area contributed by atoms with Crippen LogP contribution in [0.4, 0.5) is 5.82 Å². The number of nitrogens with one attached hydrogen (secondary N) is 1. The molecular weight excluding hydrogens is 230 g/mol. The van der Waals surface area contributed by atoms with Crippen LogP contribution in [0.5, 0.6) is 0 Å². The van der Waals surface area contributed by atoms with Crippen LogP contribution in [0, 0.1) is 6.92 Å². The number of aryl methyl sites for hydroxylation is 1. The molecule has 0 aliphatic carbocycles. The van der Waals surface area contributed by atoms with Crippen molar-refractivity contribution in [1.82, 2.24) is 9.97 Å². The van der Waals surface area contributed by atoms with Crippen molar-refractivity contribution < 1.29 is 0 Å². The van der Waals surface area contributed by atoms with Crippen molar-refractivity contribution in [3.05, 3.63) is 39.5 Å². The van der Waals surface area contributed by atoms with Gasteiger partial charge in [0, 0.05) is 29.6 Å². The Labute approximate surface area is 106 Å². The average Bonchev–Trinajstić information content (AvgIpc) is 2.84. The summed E-state index contributed by atoms with van der Waals surface area (Å²) < 4.78 is 0. The highest BCUT2D eigenvalue weighted by atomic mass is 32.1. The second-order valence-corrected chi connectivity index (χ2v) is 4.95. The van der Waals surface area contributed by atoms with Crippen molar-refractivity contribution in [2.24, 2.45) is 0 Å². The summed E-state index contributed by atoms with van der Waals surface area (Å²) in [5.74, 6) is 1.85. The molecule has 0 aliphatic heterocycles. The van der Waals surface area contributed by atoms with Gasteiger partial charge in [0.15, 0.2) is 0 Å². The third-order valence-electron chi connectivity index (χ3n) is 2.78. The van der Waals surface area contributed by atoms with E-state index in [1.807, 2.05) is 7.05 Å². The number of thiophene rings is 1. The molecule has 3 nitrogen and oxygen atoms in total. The van der Waals surface area contributed by atoms with E-state index >= 15 is 0 Å². The Bertz CT molecular complexity index is 466. The molecule has 0 saturated heterocycles. The Hall–Kier alpha value is -1.42. The van der Waals surface area contributed by atoms with Crippen molar-refractivity contribution >= 4 is 17.2 Å². The molecule has 0 spiro atoms. The highest BCUT2D eigenvalue weighted by Gasteiger charge is 2.09. The molecule has 2 rings (SSSR count). The topological polar surface area (TPSA) is 37.8 Å². The summed E-state index contributed by atoms with van der Waals surface area (Å²) in [5.41, 5.74) is 2.29. The lowest BCUT2D eigenvalue weighted by molar-refractivity contribution is 0.896. The molecule has 2 aromatic rings. The van der Waals surface area contributed by atoms with Crippen LogP contribution in [0.1, 0.15) is 28.9 Å². The van der Waals surface area contributed by atoms with Crippen LogP contribution >= 0.6 is 11.3 Å². The van der Waals surface area contributed by atoms with Crippen molar-refractivity contribution in [2.45, 2.75) is 26.7 Å². The number of hydrogen-bond donors (Lipinski definition) is 1. The summed E-state index contributed by atoms with van der Waals surface area (Å²) in [5, 5.41) is 5.23. The molecule has 90 valence electrons. The maximum absolute atomic E-state index is 4.63. The van der Waals surface area contributed by atoms with E-state index in [1.54, 1.807) is 11.3 Å². The predicted molar refractivity (Wildman–Crippen MR) is 72.8 cm³/mol. The zero-order valence-corrected chi connectivity index (χ0v) is 11.3. The van der Waals surface area contributed by atoms with E-state index in [0.29, 0.717) is 0 Å². The van der Waals surface area contributed by atoms with Crippen molar-refractivity contribution in [3.63, 3.8) is 0 Å². The third-order valence-corrected chi connectivity index (χ3v) is 3.65. The second-order valence-electron chi connectivity index (χ2n) is 3.92. The van der Waals surface area contributed by atoms with Crippen LogP contribution in [0.3, 0.4) is 0 Å². The van der Waals surface area contributed by atoms with E-state index in [4.69, 9.17) is 0 Å². The molecule has 0 bridgehead atoms. The summed E-state index contributed by atoms with van der Waals surface area (Å²) in [4.78, 5) is 10.5. The SMILES string of the molecule is CCc1nc(Cc2cccs2)nc(NC)c1C. The van der Waals surface area contributed by atoms with E-state index in [-0.39, 0.29) is 0 Å². The highest BCUT2D eigenvalue weighted by Crippen LogP contribution is 2.18. The Balaban J connectivity index is 2.34. The van der Waals surface area contributed by atoms with E-state index < -0.39 is 0 Å². The zero-order valence-electron chi connectivity index (χ0n) is 10.4. The second kappa shape index (κ2) is 5.27. The van der Waals surface area contributed by atoms with Gasteiger partial charge in [-0.05, 0) is 24.8 Å². The van der Waals surface area contributed by atoms with Crippen LogP contribution in [0.15, 0.2) is 17.5 Å². The number of nitrogens with zero attached hydrogens (tertiary/aromatic N) is 2. The fraction of sp³-hybridized carbons (Fsp3) is 0.385. The van der Waals surface area contributed by atoms with Crippen LogP contribution in [-0.2, 0) is 12.8 Å². The van der Waals surface area contributed by atoms with Crippen molar-refractivity contribution in [1.29, 1.82) is 0 Å². The summed E-state index contributed by atoms with van der Waals surface area (Å²) in [6.45, 7) is 4.20. The molecule has 0 atom stereocenters. The zero-order chi connectivity index (χ0) is 12.3. The number of aromatic nitrogens is 2. The van der Waals surface area contributed by atoms with Crippen LogP contribution in [0.2, 0.25) is 0 Å². The van der Waals surface area contributed by atoms with Crippen LogP contribution < -0.4 is 5.32 Å². The van der Waals surface area contributed by atoms with Gasteiger partial charge >= 0.3 is 0 Å². The Morgan fingerprint density at radius 3 is 2.76 bits per heavy atom.